The fourth-order valence-electron chi connectivity index (χ4n) is 2.82. The summed E-state index contributed by atoms with van der Waals surface area (Å²) >= 11 is 5.81. The van der Waals surface area contributed by atoms with Gasteiger partial charge in [0.1, 0.15) is 17.6 Å². The van der Waals surface area contributed by atoms with Crippen molar-refractivity contribution >= 4 is 11.6 Å². The van der Waals surface area contributed by atoms with Crippen molar-refractivity contribution in [2.45, 2.75) is 26.5 Å². The Morgan fingerprint density at radius 2 is 1.69 bits per heavy atom. The van der Waals surface area contributed by atoms with E-state index >= 15 is 0 Å². The van der Waals surface area contributed by atoms with Crippen LogP contribution >= 0.6 is 11.6 Å². The molecule has 3 rings (SSSR count). The summed E-state index contributed by atoms with van der Waals surface area (Å²) in [5, 5.41) is 3.86. The van der Waals surface area contributed by atoms with Gasteiger partial charge in [-0.15, -0.1) is 0 Å². The number of nitrogens with zero attached hydrogens (tertiary/aromatic N) is 1. The van der Waals surface area contributed by atoms with Crippen LogP contribution in [-0.2, 0) is 19.6 Å². The van der Waals surface area contributed by atoms with Crippen molar-refractivity contribution in [1.29, 1.82) is 0 Å². The van der Waals surface area contributed by atoms with Gasteiger partial charge in [-0.1, -0.05) is 35.9 Å². The Labute approximate surface area is 175 Å². The Morgan fingerprint density at radius 3 is 2.41 bits per heavy atom. The molecule has 0 spiro atoms. The molecule has 3 aromatic rings. The van der Waals surface area contributed by atoms with Gasteiger partial charge in [0.2, 0.25) is 0 Å². The zero-order valence-electron chi connectivity index (χ0n) is 16.3. The van der Waals surface area contributed by atoms with Gasteiger partial charge in [-0.3, -0.25) is 0 Å². The Morgan fingerprint density at radius 1 is 0.931 bits per heavy atom. The maximum Gasteiger partial charge on any atom is 0.161 e. The van der Waals surface area contributed by atoms with Crippen LogP contribution in [0.3, 0.4) is 0 Å². The quantitative estimate of drug-likeness (QED) is 0.366. The van der Waals surface area contributed by atoms with Crippen LogP contribution in [0, 0.1) is 5.82 Å². The van der Waals surface area contributed by atoms with Crippen molar-refractivity contribution in [2.24, 2.45) is 0 Å². The number of benzene rings is 2. The van der Waals surface area contributed by atoms with E-state index in [-0.39, 0.29) is 5.82 Å². The molecule has 0 unspecified atom stereocenters. The summed E-state index contributed by atoms with van der Waals surface area (Å²) < 4.78 is 24.6. The smallest absolute Gasteiger partial charge is 0.161 e. The summed E-state index contributed by atoms with van der Waals surface area (Å²) in [7, 11) is 0. The van der Waals surface area contributed by atoms with E-state index in [9.17, 15) is 4.39 Å². The average molecular weight is 415 g/mol. The summed E-state index contributed by atoms with van der Waals surface area (Å²) in [6.07, 6.45) is 2.54. The van der Waals surface area contributed by atoms with E-state index in [0.29, 0.717) is 36.4 Å². The lowest BCUT2D eigenvalue weighted by atomic mass is 10.1. The summed E-state index contributed by atoms with van der Waals surface area (Å²) in [4.78, 5) is 4.06. The van der Waals surface area contributed by atoms with Crippen molar-refractivity contribution in [2.75, 3.05) is 13.2 Å². The highest BCUT2D eigenvalue weighted by molar-refractivity contribution is 6.29. The summed E-state index contributed by atoms with van der Waals surface area (Å²) in [5.41, 5.74) is 3.14. The van der Waals surface area contributed by atoms with Gasteiger partial charge in [-0.05, 0) is 61.3 Å². The average Bonchev–Trinajstić information content (AvgIpc) is 2.73. The molecule has 0 bridgehead atoms. The second-order valence-electron chi connectivity index (χ2n) is 6.55. The van der Waals surface area contributed by atoms with Gasteiger partial charge in [-0.2, -0.15) is 0 Å². The molecule has 1 heterocycles. The summed E-state index contributed by atoms with van der Waals surface area (Å²) in [5.74, 6) is 1.20. The van der Waals surface area contributed by atoms with E-state index in [0.717, 1.165) is 29.7 Å². The second kappa shape index (κ2) is 10.8. The molecule has 1 N–H and O–H groups in total. The lowest BCUT2D eigenvalue weighted by Gasteiger charge is -2.14. The third-order valence-electron chi connectivity index (χ3n) is 4.32. The van der Waals surface area contributed by atoms with E-state index in [1.165, 1.54) is 12.1 Å². The minimum absolute atomic E-state index is 0.209. The van der Waals surface area contributed by atoms with Crippen molar-refractivity contribution in [1.82, 2.24) is 10.3 Å². The Balaban J connectivity index is 1.53. The molecule has 0 amide bonds. The number of pyridine rings is 1. The first-order chi connectivity index (χ1) is 14.1. The Bertz CT molecular complexity index is 902. The molecule has 1 aromatic heterocycles. The fraction of sp³-hybridized carbons (Fsp3) is 0.261. The fourth-order valence-corrected chi connectivity index (χ4v) is 2.93. The van der Waals surface area contributed by atoms with Crippen LogP contribution in [0.2, 0.25) is 5.15 Å². The first-order valence-electron chi connectivity index (χ1n) is 9.58. The minimum atomic E-state index is -0.209. The third-order valence-corrected chi connectivity index (χ3v) is 4.55. The van der Waals surface area contributed by atoms with Crippen LogP contribution in [-0.4, -0.2) is 18.1 Å². The molecule has 0 aliphatic heterocycles. The lowest BCUT2D eigenvalue weighted by molar-refractivity contribution is 0.269. The van der Waals surface area contributed by atoms with Gasteiger partial charge in [-0.25, -0.2) is 9.37 Å². The second-order valence-corrected chi connectivity index (χ2v) is 6.93. The highest BCUT2D eigenvalue weighted by Gasteiger charge is 2.07. The maximum absolute atomic E-state index is 13.0. The highest BCUT2D eigenvalue weighted by atomic mass is 35.5. The molecule has 4 nitrogen and oxygen atoms in total. The Hall–Kier alpha value is -2.63. The number of hydrogen-bond acceptors (Lipinski definition) is 4. The van der Waals surface area contributed by atoms with Crippen LogP contribution in [0.25, 0.3) is 0 Å². The van der Waals surface area contributed by atoms with Gasteiger partial charge < -0.3 is 14.8 Å². The summed E-state index contributed by atoms with van der Waals surface area (Å²) in [6.45, 7) is 4.40. The van der Waals surface area contributed by atoms with Crippen LogP contribution in [0.5, 0.6) is 11.5 Å². The molecular formula is C23H24ClFN2O2. The Kier molecular flexibility index (Phi) is 7.85. The first kappa shape index (κ1) is 21.1. The van der Waals surface area contributed by atoms with E-state index < -0.39 is 0 Å². The van der Waals surface area contributed by atoms with Gasteiger partial charge in [0.05, 0.1) is 6.61 Å². The summed E-state index contributed by atoms with van der Waals surface area (Å²) in [6, 6.07) is 16.2. The lowest BCUT2D eigenvalue weighted by Crippen LogP contribution is -2.16. The third kappa shape index (κ3) is 6.73. The van der Waals surface area contributed by atoms with Crippen LogP contribution < -0.4 is 14.8 Å². The number of nitrogens with one attached hydrogen (secondary N) is 1. The van der Waals surface area contributed by atoms with Crippen LogP contribution in [0.15, 0.2) is 60.8 Å². The molecule has 0 aliphatic rings. The molecule has 6 heteroatoms. The number of hydrogen-bond donors (Lipinski definition) is 1. The van der Waals surface area contributed by atoms with Gasteiger partial charge >= 0.3 is 0 Å². The van der Waals surface area contributed by atoms with Crippen molar-refractivity contribution in [3.8, 4) is 11.5 Å². The molecule has 152 valence electrons. The van der Waals surface area contributed by atoms with Gasteiger partial charge in [0.15, 0.2) is 11.5 Å². The molecular weight excluding hydrogens is 391 g/mol. The van der Waals surface area contributed by atoms with Crippen LogP contribution in [0.4, 0.5) is 4.39 Å². The predicted octanol–water partition coefficient (Wildman–Crippen LogP) is 5.18. The van der Waals surface area contributed by atoms with E-state index in [4.69, 9.17) is 21.1 Å². The van der Waals surface area contributed by atoms with Gasteiger partial charge in [0, 0.05) is 18.3 Å². The number of aromatic nitrogens is 1. The number of rotatable bonds is 10. The monoisotopic (exact) mass is 414 g/mol. The van der Waals surface area contributed by atoms with Crippen molar-refractivity contribution in [3.63, 3.8) is 0 Å². The molecule has 0 atom stereocenters. The zero-order valence-corrected chi connectivity index (χ0v) is 17.1. The van der Waals surface area contributed by atoms with E-state index in [1.807, 2.05) is 43.3 Å². The molecule has 29 heavy (non-hydrogen) atoms. The van der Waals surface area contributed by atoms with Crippen LogP contribution in [0.1, 0.15) is 23.6 Å². The van der Waals surface area contributed by atoms with Crippen molar-refractivity contribution < 1.29 is 13.9 Å². The number of ether oxygens (including phenoxy) is 2. The SMILES string of the molecule is CCOc1cc(CNCCc2ccc(F)cc2)ccc1OCc1ccc(Cl)nc1. The molecule has 2 aromatic carbocycles. The predicted molar refractivity (Wildman–Crippen MR) is 113 cm³/mol. The standard InChI is InChI=1S/C23H24ClFN2O2/c1-2-28-22-13-18(14-26-12-11-17-3-7-20(25)8-4-17)5-9-21(22)29-16-19-6-10-23(24)27-15-19/h3-10,13,15,26H,2,11-12,14,16H2,1H3. The van der Waals surface area contributed by atoms with Gasteiger partial charge in [0.25, 0.3) is 0 Å². The van der Waals surface area contributed by atoms with E-state index in [1.54, 1.807) is 12.3 Å². The highest BCUT2D eigenvalue weighted by Crippen LogP contribution is 2.29. The number of halogens is 2. The molecule has 0 fully saturated rings. The molecule has 0 radical (unpaired) electrons. The molecule has 0 saturated carbocycles. The minimum Gasteiger partial charge on any atom is -0.490 e. The molecule has 0 aliphatic carbocycles. The molecule has 0 saturated heterocycles. The van der Waals surface area contributed by atoms with Crippen molar-refractivity contribution in [3.05, 3.63) is 88.5 Å². The first-order valence-corrected chi connectivity index (χ1v) is 9.96. The maximum atomic E-state index is 13.0. The topological polar surface area (TPSA) is 43.4 Å². The normalized spacial score (nSPS) is 10.7. The largest absolute Gasteiger partial charge is 0.490 e. The zero-order chi connectivity index (χ0) is 20.5. The van der Waals surface area contributed by atoms with E-state index in [2.05, 4.69) is 10.3 Å².